The number of rotatable bonds is 5. The van der Waals surface area contributed by atoms with Gasteiger partial charge in [-0.2, -0.15) is 0 Å². The van der Waals surface area contributed by atoms with E-state index in [0.29, 0.717) is 0 Å². The van der Waals surface area contributed by atoms with Crippen LogP contribution in [-0.4, -0.2) is 36.6 Å². The summed E-state index contributed by atoms with van der Waals surface area (Å²) in [5.41, 5.74) is 0. The van der Waals surface area contributed by atoms with Gasteiger partial charge in [-0.1, -0.05) is 26.2 Å². The Labute approximate surface area is 114 Å². The molecule has 1 saturated heterocycles. The summed E-state index contributed by atoms with van der Waals surface area (Å²) in [6.07, 6.45) is 11.4. The van der Waals surface area contributed by atoms with Gasteiger partial charge in [-0.05, 0) is 58.0 Å². The van der Waals surface area contributed by atoms with Crippen LogP contribution in [0.5, 0.6) is 0 Å². The summed E-state index contributed by atoms with van der Waals surface area (Å²) in [4.78, 5) is 2.68. The first-order valence-electron chi connectivity index (χ1n) is 8.27. The van der Waals surface area contributed by atoms with Crippen molar-refractivity contribution in [2.24, 2.45) is 5.92 Å². The average molecular weight is 252 g/mol. The molecule has 0 bridgehead atoms. The van der Waals surface area contributed by atoms with Crippen molar-refractivity contribution < 1.29 is 0 Å². The zero-order valence-electron chi connectivity index (χ0n) is 12.5. The maximum atomic E-state index is 3.86. The standard InChI is InChI=1S/C16H32N2/c1-3-14(2)18-11-7-10-16(13-18)17-12-15-8-5-4-6-9-15/h14-17H,3-13H2,1-2H3. The third-order valence-corrected chi connectivity index (χ3v) is 5.09. The molecule has 106 valence electrons. The Morgan fingerprint density at radius 3 is 2.61 bits per heavy atom. The van der Waals surface area contributed by atoms with Gasteiger partial charge in [0.05, 0.1) is 0 Å². The third-order valence-electron chi connectivity index (χ3n) is 5.09. The van der Waals surface area contributed by atoms with Gasteiger partial charge in [-0.15, -0.1) is 0 Å². The molecule has 2 aliphatic rings. The average Bonchev–Trinajstić information content (AvgIpc) is 2.45. The molecule has 0 radical (unpaired) electrons. The van der Waals surface area contributed by atoms with Crippen molar-refractivity contribution in [1.82, 2.24) is 10.2 Å². The summed E-state index contributed by atoms with van der Waals surface area (Å²) in [6.45, 7) is 8.56. The molecule has 1 aliphatic carbocycles. The first-order chi connectivity index (χ1) is 8.79. The summed E-state index contributed by atoms with van der Waals surface area (Å²) in [5.74, 6) is 0.970. The fourth-order valence-corrected chi connectivity index (χ4v) is 3.56. The minimum absolute atomic E-state index is 0.759. The Balaban J connectivity index is 1.68. The van der Waals surface area contributed by atoms with E-state index in [1.165, 1.54) is 71.0 Å². The van der Waals surface area contributed by atoms with Crippen LogP contribution in [-0.2, 0) is 0 Å². The number of nitrogens with one attached hydrogen (secondary N) is 1. The SMILES string of the molecule is CCC(C)N1CCCC(NCC2CCCCC2)C1. The van der Waals surface area contributed by atoms with Crippen LogP contribution in [0.25, 0.3) is 0 Å². The molecule has 1 heterocycles. The van der Waals surface area contributed by atoms with E-state index in [4.69, 9.17) is 0 Å². The van der Waals surface area contributed by atoms with E-state index in [0.717, 1.165) is 18.0 Å². The summed E-state index contributed by atoms with van der Waals surface area (Å²) < 4.78 is 0. The molecular formula is C16H32N2. The van der Waals surface area contributed by atoms with Crippen LogP contribution in [0, 0.1) is 5.92 Å². The zero-order valence-corrected chi connectivity index (χ0v) is 12.5. The fourth-order valence-electron chi connectivity index (χ4n) is 3.56. The van der Waals surface area contributed by atoms with Crippen LogP contribution in [0.3, 0.4) is 0 Å². The number of hydrogen-bond acceptors (Lipinski definition) is 2. The number of likely N-dealkylation sites (tertiary alicyclic amines) is 1. The zero-order chi connectivity index (χ0) is 12.8. The molecule has 0 spiro atoms. The van der Waals surface area contributed by atoms with E-state index in [1.54, 1.807) is 0 Å². The lowest BCUT2D eigenvalue weighted by molar-refractivity contribution is 0.139. The quantitative estimate of drug-likeness (QED) is 0.806. The van der Waals surface area contributed by atoms with Crippen molar-refractivity contribution >= 4 is 0 Å². The molecule has 0 aromatic heterocycles. The summed E-state index contributed by atoms with van der Waals surface area (Å²) >= 11 is 0. The van der Waals surface area contributed by atoms with Gasteiger partial charge in [0.1, 0.15) is 0 Å². The highest BCUT2D eigenvalue weighted by atomic mass is 15.2. The minimum atomic E-state index is 0.759. The van der Waals surface area contributed by atoms with Crippen LogP contribution in [0.15, 0.2) is 0 Å². The predicted octanol–water partition coefficient (Wildman–Crippen LogP) is 3.42. The molecule has 18 heavy (non-hydrogen) atoms. The second-order valence-corrected chi connectivity index (χ2v) is 6.50. The second-order valence-electron chi connectivity index (χ2n) is 6.50. The molecule has 2 fully saturated rings. The topological polar surface area (TPSA) is 15.3 Å². The third kappa shape index (κ3) is 4.24. The molecule has 2 atom stereocenters. The van der Waals surface area contributed by atoms with Gasteiger partial charge in [-0.25, -0.2) is 0 Å². The minimum Gasteiger partial charge on any atom is -0.312 e. The molecule has 1 N–H and O–H groups in total. The van der Waals surface area contributed by atoms with Gasteiger partial charge in [-0.3, -0.25) is 4.90 Å². The van der Waals surface area contributed by atoms with Gasteiger partial charge in [0.2, 0.25) is 0 Å². The Morgan fingerprint density at radius 2 is 1.89 bits per heavy atom. The molecule has 2 nitrogen and oxygen atoms in total. The van der Waals surface area contributed by atoms with Crippen LogP contribution < -0.4 is 5.32 Å². The normalized spacial score (nSPS) is 29.3. The number of nitrogens with zero attached hydrogens (tertiary/aromatic N) is 1. The molecule has 1 saturated carbocycles. The van der Waals surface area contributed by atoms with E-state index in [2.05, 4.69) is 24.1 Å². The number of hydrogen-bond donors (Lipinski definition) is 1. The summed E-state index contributed by atoms with van der Waals surface area (Å²) in [5, 5.41) is 3.86. The highest BCUT2D eigenvalue weighted by molar-refractivity contribution is 4.82. The first kappa shape index (κ1) is 14.3. The first-order valence-corrected chi connectivity index (χ1v) is 8.27. The lowest BCUT2D eigenvalue weighted by Gasteiger charge is -2.37. The second kappa shape index (κ2) is 7.49. The van der Waals surface area contributed by atoms with Gasteiger partial charge in [0.25, 0.3) is 0 Å². The van der Waals surface area contributed by atoms with E-state index in [1.807, 2.05) is 0 Å². The molecule has 1 aliphatic heterocycles. The smallest absolute Gasteiger partial charge is 0.0195 e. The van der Waals surface area contributed by atoms with Crippen LogP contribution in [0.2, 0.25) is 0 Å². The van der Waals surface area contributed by atoms with Gasteiger partial charge in [0, 0.05) is 18.6 Å². The Kier molecular flexibility index (Phi) is 5.97. The van der Waals surface area contributed by atoms with E-state index in [9.17, 15) is 0 Å². The lowest BCUT2D eigenvalue weighted by atomic mass is 9.89. The highest BCUT2D eigenvalue weighted by Gasteiger charge is 2.23. The Morgan fingerprint density at radius 1 is 1.11 bits per heavy atom. The molecule has 0 amide bonds. The molecule has 2 unspecified atom stereocenters. The number of piperidine rings is 1. The maximum Gasteiger partial charge on any atom is 0.0195 e. The molecule has 0 aromatic carbocycles. The van der Waals surface area contributed by atoms with E-state index in [-0.39, 0.29) is 0 Å². The molecule has 2 heteroatoms. The van der Waals surface area contributed by atoms with Crippen molar-refractivity contribution in [3.63, 3.8) is 0 Å². The largest absolute Gasteiger partial charge is 0.312 e. The van der Waals surface area contributed by atoms with Crippen LogP contribution in [0.4, 0.5) is 0 Å². The Bertz CT molecular complexity index is 223. The molecule has 0 aromatic rings. The predicted molar refractivity (Wildman–Crippen MR) is 78.9 cm³/mol. The molecule has 2 rings (SSSR count). The van der Waals surface area contributed by atoms with Crippen molar-refractivity contribution in [3.8, 4) is 0 Å². The van der Waals surface area contributed by atoms with Gasteiger partial charge < -0.3 is 5.32 Å². The lowest BCUT2D eigenvalue weighted by Crippen LogP contribution is -2.49. The van der Waals surface area contributed by atoms with Crippen LogP contribution >= 0.6 is 0 Å². The maximum absolute atomic E-state index is 3.86. The van der Waals surface area contributed by atoms with Crippen molar-refractivity contribution in [2.75, 3.05) is 19.6 Å². The van der Waals surface area contributed by atoms with Gasteiger partial charge >= 0.3 is 0 Å². The van der Waals surface area contributed by atoms with E-state index >= 15 is 0 Å². The van der Waals surface area contributed by atoms with Gasteiger partial charge in [0.15, 0.2) is 0 Å². The van der Waals surface area contributed by atoms with Crippen molar-refractivity contribution in [3.05, 3.63) is 0 Å². The van der Waals surface area contributed by atoms with E-state index < -0.39 is 0 Å². The molecular weight excluding hydrogens is 220 g/mol. The monoisotopic (exact) mass is 252 g/mol. The Hall–Kier alpha value is -0.0800. The van der Waals surface area contributed by atoms with Crippen molar-refractivity contribution in [1.29, 1.82) is 0 Å². The summed E-state index contributed by atoms with van der Waals surface area (Å²) in [7, 11) is 0. The summed E-state index contributed by atoms with van der Waals surface area (Å²) in [6, 6.07) is 1.53. The fraction of sp³-hybridized carbons (Fsp3) is 1.00. The van der Waals surface area contributed by atoms with Crippen LogP contribution in [0.1, 0.15) is 65.2 Å². The highest BCUT2D eigenvalue weighted by Crippen LogP contribution is 2.23. The van der Waals surface area contributed by atoms with Crippen molar-refractivity contribution in [2.45, 2.75) is 77.3 Å².